The third kappa shape index (κ3) is 6.52. The minimum Gasteiger partial charge on any atom is -0.481 e. The quantitative estimate of drug-likeness (QED) is 0.181. The van der Waals surface area contributed by atoms with Gasteiger partial charge < -0.3 is 15.2 Å². The summed E-state index contributed by atoms with van der Waals surface area (Å²) in [6.45, 7) is -0.0658. The van der Waals surface area contributed by atoms with Gasteiger partial charge in [0.15, 0.2) is 6.10 Å². The summed E-state index contributed by atoms with van der Waals surface area (Å²) in [6, 6.07) is 23.0. The summed E-state index contributed by atoms with van der Waals surface area (Å²) in [5.41, 5.74) is 7.30. The Kier molecular flexibility index (Phi) is 7.41. The van der Waals surface area contributed by atoms with Gasteiger partial charge in [-0.2, -0.15) is 0 Å². The van der Waals surface area contributed by atoms with Gasteiger partial charge >= 0.3 is 6.09 Å². The summed E-state index contributed by atoms with van der Waals surface area (Å²) < 4.78 is 37.7. The fourth-order valence-electron chi connectivity index (χ4n) is 3.43. The topological polar surface area (TPSA) is 144 Å². The van der Waals surface area contributed by atoms with Crippen LogP contribution in [-0.4, -0.2) is 33.2 Å². The van der Waals surface area contributed by atoms with E-state index in [1.165, 1.54) is 23.5 Å². The molecule has 5 N–H and O–H groups in total. The Morgan fingerprint density at radius 2 is 1.72 bits per heavy atom. The highest BCUT2D eigenvalue weighted by Gasteiger charge is 2.19. The van der Waals surface area contributed by atoms with Crippen molar-refractivity contribution in [3.05, 3.63) is 89.3 Å². The Morgan fingerprint density at radius 1 is 1.03 bits per heavy atom. The maximum atomic E-state index is 12.5. The summed E-state index contributed by atoms with van der Waals surface area (Å²) in [5.74, 6) is 0.574. The smallest absolute Gasteiger partial charge is 0.411 e. The van der Waals surface area contributed by atoms with Crippen LogP contribution in [-0.2, 0) is 14.8 Å². The molecule has 0 saturated heterocycles. The van der Waals surface area contributed by atoms with Crippen molar-refractivity contribution in [1.29, 1.82) is 5.41 Å². The molecular formula is C25H24N4O5S2. The Labute approximate surface area is 212 Å². The molecule has 0 spiro atoms. The molecule has 1 unspecified atom stereocenters. The molecule has 9 nitrogen and oxygen atoms in total. The number of nitrogen functional groups attached to an aromatic ring is 1. The Morgan fingerprint density at radius 3 is 2.39 bits per heavy atom. The van der Waals surface area contributed by atoms with Crippen LogP contribution in [0.4, 0.5) is 16.2 Å². The second kappa shape index (κ2) is 10.7. The number of hydrogen-bond donors (Lipinski definition) is 4. The number of carbonyl (C=O) groups excluding carboxylic acids is 1. The van der Waals surface area contributed by atoms with Gasteiger partial charge in [-0.25, -0.2) is 13.2 Å². The van der Waals surface area contributed by atoms with E-state index < -0.39 is 22.2 Å². The molecule has 1 amide bonds. The number of nitrogens with one attached hydrogen (secondary N) is 3. The van der Waals surface area contributed by atoms with Crippen LogP contribution in [0, 0.1) is 5.41 Å². The number of fused-ring (bicyclic) bond motifs is 1. The number of amides is 1. The van der Waals surface area contributed by atoms with Crippen LogP contribution in [0.15, 0.2) is 78.9 Å². The van der Waals surface area contributed by atoms with E-state index in [9.17, 15) is 13.2 Å². The van der Waals surface area contributed by atoms with Gasteiger partial charge in [0.25, 0.3) is 0 Å². The number of amidine groups is 1. The fourth-order valence-corrected chi connectivity index (χ4v) is 4.93. The molecule has 1 atom stereocenters. The molecule has 11 heteroatoms. The van der Waals surface area contributed by atoms with Gasteiger partial charge in [0.05, 0.1) is 11.1 Å². The van der Waals surface area contributed by atoms with Crippen molar-refractivity contribution in [3.63, 3.8) is 0 Å². The lowest BCUT2D eigenvalue weighted by molar-refractivity contribution is 0.0910. The number of ether oxygens (including phenoxy) is 2. The van der Waals surface area contributed by atoms with Crippen molar-refractivity contribution in [2.75, 3.05) is 22.9 Å². The summed E-state index contributed by atoms with van der Waals surface area (Å²) in [7, 11) is -3.39. The number of carbonyl (C=O) groups is 1. The van der Waals surface area contributed by atoms with Gasteiger partial charge in [-0.05, 0) is 48.0 Å². The predicted octanol–water partition coefficient (Wildman–Crippen LogP) is 4.93. The second-order valence-corrected chi connectivity index (χ2v) is 10.7. The monoisotopic (exact) mass is 524 g/mol. The molecule has 0 saturated carbocycles. The van der Waals surface area contributed by atoms with Crippen molar-refractivity contribution < 1.29 is 22.7 Å². The van der Waals surface area contributed by atoms with Crippen LogP contribution < -0.4 is 20.5 Å². The average Bonchev–Trinajstić information content (AvgIpc) is 3.28. The first-order chi connectivity index (χ1) is 17.2. The molecule has 1 aromatic heterocycles. The van der Waals surface area contributed by atoms with E-state index in [1.807, 2.05) is 54.6 Å². The van der Waals surface area contributed by atoms with E-state index in [0.29, 0.717) is 22.0 Å². The second-order valence-electron chi connectivity index (χ2n) is 7.88. The zero-order valence-corrected chi connectivity index (χ0v) is 20.9. The molecule has 0 fully saturated rings. The Balaban J connectivity index is 1.47. The molecule has 0 aliphatic rings. The number of hydrogen-bond acceptors (Lipinski definition) is 7. The van der Waals surface area contributed by atoms with E-state index in [4.69, 9.17) is 20.6 Å². The third-order valence-electron chi connectivity index (χ3n) is 5.03. The molecule has 0 aliphatic carbocycles. The first kappa shape index (κ1) is 25.0. The highest BCUT2D eigenvalue weighted by atomic mass is 32.2. The lowest BCUT2D eigenvalue weighted by Crippen LogP contribution is -2.21. The van der Waals surface area contributed by atoms with Crippen LogP contribution >= 0.6 is 11.3 Å². The van der Waals surface area contributed by atoms with Crippen LogP contribution in [0.3, 0.4) is 0 Å². The lowest BCUT2D eigenvalue weighted by Gasteiger charge is -2.20. The summed E-state index contributed by atoms with van der Waals surface area (Å²) in [6.07, 6.45) is -0.219. The number of rotatable bonds is 9. The zero-order chi connectivity index (χ0) is 25.7. The number of benzene rings is 3. The van der Waals surface area contributed by atoms with Crippen LogP contribution in [0.5, 0.6) is 5.75 Å². The summed E-state index contributed by atoms with van der Waals surface area (Å²) in [4.78, 5) is 13.1. The minimum absolute atomic E-state index is 0.0121. The highest BCUT2D eigenvalue weighted by molar-refractivity contribution is 7.92. The minimum atomic E-state index is -3.39. The predicted molar refractivity (Wildman–Crippen MR) is 143 cm³/mol. The molecule has 4 rings (SSSR count). The average molecular weight is 525 g/mol. The van der Waals surface area contributed by atoms with Crippen LogP contribution in [0.25, 0.3) is 10.1 Å². The molecular weight excluding hydrogens is 500 g/mol. The van der Waals surface area contributed by atoms with Crippen molar-refractivity contribution in [1.82, 2.24) is 0 Å². The van der Waals surface area contributed by atoms with Gasteiger partial charge in [-0.15, -0.1) is 11.3 Å². The van der Waals surface area contributed by atoms with Crippen molar-refractivity contribution in [2.24, 2.45) is 5.73 Å². The molecule has 0 bridgehead atoms. The van der Waals surface area contributed by atoms with Crippen molar-refractivity contribution in [2.45, 2.75) is 6.10 Å². The first-order valence-electron chi connectivity index (χ1n) is 10.8. The molecule has 1 heterocycles. The Bertz CT molecular complexity index is 1490. The van der Waals surface area contributed by atoms with Gasteiger partial charge in [-0.1, -0.05) is 36.4 Å². The van der Waals surface area contributed by atoms with E-state index in [-0.39, 0.29) is 12.4 Å². The zero-order valence-electron chi connectivity index (χ0n) is 19.2. The van der Waals surface area contributed by atoms with Crippen LogP contribution in [0.1, 0.15) is 16.5 Å². The number of sulfonamides is 1. The van der Waals surface area contributed by atoms with E-state index in [1.54, 1.807) is 12.1 Å². The maximum Gasteiger partial charge on any atom is 0.411 e. The normalized spacial score (nSPS) is 12.0. The van der Waals surface area contributed by atoms with Crippen molar-refractivity contribution >= 4 is 54.7 Å². The van der Waals surface area contributed by atoms with E-state index in [0.717, 1.165) is 21.9 Å². The lowest BCUT2D eigenvalue weighted by atomic mass is 10.1. The fraction of sp³-hybridized carbons (Fsp3) is 0.120. The van der Waals surface area contributed by atoms with Gasteiger partial charge in [0.2, 0.25) is 10.0 Å². The molecule has 4 aromatic rings. The standard InChI is InChI=1S/C25H24N4O5S2/c1-36(31,32)29-18-12-10-17(11-13-18)28-25(30)33-15-21(16-6-3-2-4-7-16)34-20-8-5-9-22-19(20)14-23(35-22)24(26)27/h2-14,21,29H,15H2,1H3,(H3,26,27)(H,28,30). The Hall–Kier alpha value is -4.09. The summed E-state index contributed by atoms with van der Waals surface area (Å²) >= 11 is 1.40. The maximum absolute atomic E-state index is 12.5. The summed E-state index contributed by atoms with van der Waals surface area (Å²) in [5, 5.41) is 11.2. The van der Waals surface area contributed by atoms with Gasteiger partial charge in [0.1, 0.15) is 18.2 Å². The number of anilines is 2. The molecule has 36 heavy (non-hydrogen) atoms. The molecule has 0 aliphatic heterocycles. The number of thiophene rings is 1. The largest absolute Gasteiger partial charge is 0.481 e. The molecule has 0 radical (unpaired) electrons. The van der Waals surface area contributed by atoms with Gasteiger partial charge in [-0.3, -0.25) is 15.4 Å². The number of nitrogens with two attached hydrogens (primary N) is 1. The van der Waals surface area contributed by atoms with E-state index in [2.05, 4.69) is 10.0 Å². The molecule has 186 valence electrons. The third-order valence-corrected chi connectivity index (χ3v) is 6.77. The van der Waals surface area contributed by atoms with Crippen LogP contribution in [0.2, 0.25) is 0 Å². The molecule has 3 aromatic carbocycles. The van der Waals surface area contributed by atoms with E-state index >= 15 is 0 Å². The van der Waals surface area contributed by atoms with Crippen molar-refractivity contribution in [3.8, 4) is 5.75 Å². The highest BCUT2D eigenvalue weighted by Crippen LogP contribution is 2.35. The van der Waals surface area contributed by atoms with Gasteiger partial charge in [0, 0.05) is 21.5 Å². The SMILES string of the molecule is CS(=O)(=O)Nc1ccc(NC(=O)OCC(Oc2cccc3sc(C(=N)N)cc23)c2ccccc2)cc1. The first-order valence-corrected chi connectivity index (χ1v) is 13.5.